The maximum atomic E-state index is 12.5. The normalized spacial score (nSPS) is 48.9. The Morgan fingerprint density at radius 1 is 1.16 bits per heavy atom. The Bertz CT molecular complexity index is 641. The average molecular weight is 409 g/mol. The molecular formula is C21H29BrO3. The molecule has 3 nitrogen and oxygen atoms in total. The van der Waals surface area contributed by atoms with Crippen molar-refractivity contribution in [3.63, 3.8) is 0 Å². The monoisotopic (exact) mass is 408 g/mol. The maximum Gasteiger partial charge on any atom is 0.302 e. The molecule has 0 radical (unpaired) electrons. The summed E-state index contributed by atoms with van der Waals surface area (Å²) in [5, 5.41) is 0. The van der Waals surface area contributed by atoms with Gasteiger partial charge in [-0.3, -0.25) is 9.59 Å². The molecule has 4 rings (SSSR count). The van der Waals surface area contributed by atoms with Gasteiger partial charge in [-0.05, 0) is 55.3 Å². The summed E-state index contributed by atoms with van der Waals surface area (Å²) >= 11 is 3.97. The molecule has 3 unspecified atom stereocenters. The first kappa shape index (κ1) is 17.8. The van der Waals surface area contributed by atoms with Crippen molar-refractivity contribution >= 4 is 27.7 Å². The fourth-order valence-corrected chi connectivity index (χ4v) is 7.73. The summed E-state index contributed by atoms with van der Waals surface area (Å²) in [6, 6.07) is 0. The first-order valence-electron chi connectivity index (χ1n) is 9.81. The predicted octanol–water partition coefficient (Wildman–Crippen LogP) is 4.82. The topological polar surface area (TPSA) is 43.4 Å². The van der Waals surface area contributed by atoms with Crippen molar-refractivity contribution < 1.29 is 14.3 Å². The second-order valence-electron chi connectivity index (χ2n) is 9.24. The predicted molar refractivity (Wildman–Crippen MR) is 100 cm³/mol. The van der Waals surface area contributed by atoms with Crippen LogP contribution in [0.15, 0.2) is 11.6 Å². The quantitative estimate of drug-likeness (QED) is 0.354. The Balaban J connectivity index is 1.65. The van der Waals surface area contributed by atoms with Gasteiger partial charge >= 0.3 is 5.97 Å². The zero-order valence-corrected chi connectivity index (χ0v) is 17.1. The number of carbonyl (C=O) groups excluding carboxylic acids is 2. The molecule has 0 N–H and O–H groups in total. The smallest absolute Gasteiger partial charge is 0.302 e. The Kier molecular flexibility index (Phi) is 4.22. The van der Waals surface area contributed by atoms with Crippen molar-refractivity contribution in [1.82, 2.24) is 0 Å². The molecule has 4 heteroatoms. The van der Waals surface area contributed by atoms with Crippen LogP contribution in [0.25, 0.3) is 0 Å². The van der Waals surface area contributed by atoms with Gasteiger partial charge in [0.2, 0.25) is 0 Å². The van der Waals surface area contributed by atoms with Crippen LogP contribution in [0.3, 0.4) is 0 Å². The number of carbonyl (C=O) groups is 2. The van der Waals surface area contributed by atoms with Gasteiger partial charge in [-0.25, -0.2) is 0 Å². The molecule has 0 bridgehead atoms. The summed E-state index contributed by atoms with van der Waals surface area (Å²) in [4.78, 5) is 24.2. The van der Waals surface area contributed by atoms with E-state index < -0.39 is 0 Å². The van der Waals surface area contributed by atoms with Gasteiger partial charge in [0, 0.05) is 30.0 Å². The van der Waals surface area contributed by atoms with Crippen molar-refractivity contribution in [3.8, 4) is 0 Å². The van der Waals surface area contributed by atoms with Gasteiger partial charge in [-0.1, -0.05) is 41.4 Å². The van der Waals surface area contributed by atoms with Crippen LogP contribution in [-0.2, 0) is 14.3 Å². The highest BCUT2D eigenvalue weighted by molar-refractivity contribution is 9.09. The molecule has 3 fully saturated rings. The highest BCUT2D eigenvalue weighted by atomic mass is 79.9. The molecular weight excluding hydrogens is 380 g/mol. The van der Waals surface area contributed by atoms with Gasteiger partial charge in [0.1, 0.15) is 11.9 Å². The third-order valence-electron chi connectivity index (χ3n) is 8.09. The number of ether oxygens (including phenoxy) is 1. The molecule has 25 heavy (non-hydrogen) atoms. The summed E-state index contributed by atoms with van der Waals surface area (Å²) in [5.41, 5.74) is 1.59. The molecule has 0 aromatic heterocycles. The molecule has 0 amide bonds. The molecule has 7 atom stereocenters. The molecule has 4 aliphatic carbocycles. The molecule has 0 aliphatic heterocycles. The minimum Gasteiger partial charge on any atom is -0.462 e. The minimum absolute atomic E-state index is 0.0370. The first-order valence-corrected chi connectivity index (χ1v) is 10.7. The third-order valence-corrected chi connectivity index (χ3v) is 8.96. The van der Waals surface area contributed by atoms with E-state index >= 15 is 0 Å². The molecule has 0 aromatic carbocycles. The highest BCUT2D eigenvalue weighted by Crippen LogP contribution is 2.65. The van der Waals surface area contributed by atoms with Crippen LogP contribution in [-0.4, -0.2) is 22.7 Å². The number of rotatable bonds is 1. The van der Waals surface area contributed by atoms with Gasteiger partial charge in [0.25, 0.3) is 0 Å². The average Bonchev–Trinajstić information content (AvgIpc) is 2.84. The van der Waals surface area contributed by atoms with Gasteiger partial charge in [-0.15, -0.1) is 0 Å². The van der Waals surface area contributed by atoms with Crippen LogP contribution in [0.2, 0.25) is 0 Å². The molecule has 0 saturated heterocycles. The van der Waals surface area contributed by atoms with Crippen LogP contribution in [0.4, 0.5) is 0 Å². The number of esters is 1. The summed E-state index contributed by atoms with van der Waals surface area (Å²) in [6.07, 6.45) is 9.41. The van der Waals surface area contributed by atoms with Crippen LogP contribution >= 0.6 is 15.9 Å². The van der Waals surface area contributed by atoms with Gasteiger partial charge < -0.3 is 4.74 Å². The van der Waals surface area contributed by atoms with Crippen molar-refractivity contribution in [2.75, 3.05) is 0 Å². The summed E-state index contributed by atoms with van der Waals surface area (Å²) in [5.74, 6) is 2.04. The lowest BCUT2D eigenvalue weighted by atomic mass is 9.48. The second-order valence-corrected chi connectivity index (χ2v) is 10.3. The lowest BCUT2D eigenvalue weighted by molar-refractivity contribution is -0.148. The number of allylic oxidation sites excluding steroid dienone is 1. The van der Waals surface area contributed by atoms with Gasteiger partial charge in [0.05, 0.1) is 0 Å². The van der Waals surface area contributed by atoms with Crippen LogP contribution < -0.4 is 0 Å². The van der Waals surface area contributed by atoms with Crippen molar-refractivity contribution in [2.24, 2.45) is 28.6 Å². The number of alkyl halides is 1. The number of ketones is 1. The first-order chi connectivity index (χ1) is 11.8. The van der Waals surface area contributed by atoms with Crippen LogP contribution in [0.1, 0.15) is 65.7 Å². The van der Waals surface area contributed by atoms with E-state index in [1.54, 1.807) is 0 Å². The van der Waals surface area contributed by atoms with Gasteiger partial charge in [0.15, 0.2) is 0 Å². The van der Waals surface area contributed by atoms with E-state index in [0.717, 1.165) is 44.9 Å². The number of fused-ring (bicyclic) bond motifs is 5. The molecule has 138 valence electrons. The van der Waals surface area contributed by atoms with E-state index in [-0.39, 0.29) is 22.9 Å². The molecule has 3 saturated carbocycles. The Labute approximate surface area is 159 Å². The van der Waals surface area contributed by atoms with E-state index in [1.165, 1.54) is 12.5 Å². The standard InChI is InChI=1S/C21H29BrO3/c1-12(23)25-14-6-8-20(2)13(10-14)11-17(22)19-15-4-5-18(24)21(15,3)9-7-16(19)20/h11,14-17,19H,4-10H2,1-3H3/t14-,15?,16?,17+,19?,20-,21-/m0/s1. The van der Waals surface area contributed by atoms with Crippen LogP contribution in [0.5, 0.6) is 0 Å². The molecule has 0 aromatic rings. The third kappa shape index (κ3) is 2.57. The van der Waals surface area contributed by atoms with E-state index in [9.17, 15) is 9.59 Å². The van der Waals surface area contributed by atoms with Crippen molar-refractivity contribution in [2.45, 2.75) is 76.6 Å². The molecule has 4 aliphatic rings. The Morgan fingerprint density at radius 3 is 2.56 bits per heavy atom. The number of Topliss-reactive ketones (excluding diaryl/α,β-unsaturated/α-hetero) is 1. The SMILES string of the molecule is CC(=O)O[C@H]1CC[C@@]2(C)C(=C[C@@H](Br)C3C2CC[C@]2(C)C(=O)CCC32)C1. The lowest BCUT2D eigenvalue weighted by Crippen LogP contribution is -2.53. The summed E-state index contributed by atoms with van der Waals surface area (Å²) < 4.78 is 5.52. The van der Waals surface area contributed by atoms with Crippen molar-refractivity contribution in [1.29, 1.82) is 0 Å². The van der Waals surface area contributed by atoms with Gasteiger partial charge in [-0.2, -0.15) is 0 Å². The highest BCUT2D eigenvalue weighted by Gasteiger charge is 2.60. The summed E-state index contributed by atoms with van der Waals surface area (Å²) in [6.45, 7) is 6.16. The fraction of sp³-hybridized carbons (Fsp3) is 0.810. The zero-order chi connectivity index (χ0) is 18.0. The number of halogens is 1. The lowest BCUT2D eigenvalue weighted by Gasteiger charge is -2.58. The van der Waals surface area contributed by atoms with E-state index in [4.69, 9.17) is 4.74 Å². The number of hydrogen-bond acceptors (Lipinski definition) is 3. The summed E-state index contributed by atoms with van der Waals surface area (Å²) in [7, 11) is 0. The second kappa shape index (κ2) is 5.94. The maximum absolute atomic E-state index is 12.5. The minimum atomic E-state index is -0.170. The van der Waals surface area contributed by atoms with Crippen molar-refractivity contribution in [3.05, 3.63) is 11.6 Å². The largest absolute Gasteiger partial charge is 0.462 e. The van der Waals surface area contributed by atoms with E-state index in [2.05, 4.69) is 35.9 Å². The Morgan fingerprint density at radius 2 is 1.84 bits per heavy atom. The zero-order valence-electron chi connectivity index (χ0n) is 15.5. The molecule has 0 spiro atoms. The molecule has 0 heterocycles. The van der Waals surface area contributed by atoms with E-state index in [1.807, 2.05) is 0 Å². The van der Waals surface area contributed by atoms with Crippen LogP contribution in [0, 0.1) is 28.6 Å². The number of hydrogen-bond donors (Lipinski definition) is 0. The van der Waals surface area contributed by atoms with E-state index in [0.29, 0.717) is 28.4 Å². The fourth-order valence-electron chi connectivity index (χ4n) is 6.68. The Hall–Kier alpha value is -0.640.